The minimum atomic E-state index is -0.600. The Balaban J connectivity index is 1.88. The zero-order valence-corrected chi connectivity index (χ0v) is 21.4. The molecular formula is C27H29BrN2O2S. The number of nitrogens with zero attached hydrogens (tertiary/aromatic N) is 1. The van der Waals surface area contributed by atoms with Gasteiger partial charge in [0, 0.05) is 28.9 Å². The molecule has 4 nitrogen and oxygen atoms in total. The van der Waals surface area contributed by atoms with Crippen molar-refractivity contribution < 1.29 is 9.59 Å². The lowest BCUT2D eigenvalue weighted by atomic mass is 10.0. The SMILES string of the molecule is CCNC(=O)[C@@H](Cc1ccccc1)N(Cc1cccc(Br)c1)C(=O)CSc1ccc(C)cc1. The predicted octanol–water partition coefficient (Wildman–Crippen LogP) is 5.63. The maximum absolute atomic E-state index is 13.5. The van der Waals surface area contributed by atoms with E-state index >= 15 is 0 Å². The molecule has 2 amide bonds. The van der Waals surface area contributed by atoms with Crippen LogP contribution >= 0.6 is 27.7 Å². The summed E-state index contributed by atoms with van der Waals surface area (Å²) in [6.07, 6.45) is 0.460. The van der Waals surface area contributed by atoms with Gasteiger partial charge in [-0.05, 0) is 49.2 Å². The number of aryl methyl sites for hydroxylation is 1. The van der Waals surface area contributed by atoms with Crippen molar-refractivity contribution >= 4 is 39.5 Å². The summed E-state index contributed by atoms with van der Waals surface area (Å²) in [6, 6.07) is 25.3. The van der Waals surface area contributed by atoms with E-state index in [1.54, 1.807) is 4.90 Å². The highest BCUT2D eigenvalue weighted by molar-refractivity contribution is 9.10. The zero-order chi connectivity index (χ0) is 23.6. The Morgan fingerprint density at radius 1 is 0.970 bits per heavy atom. The molecule has 0 saturated heterocycles. The smallest absolute Gasteiger partial charge is 0.243 e. The lowest BCUT2D eigenvalue weighted by molar-refractivity contribution is -0.139. The molecule has 0 fully saturated rings. The molecule has 1 atom stereocenters. The number of carbonyl (C=O) groups is 2. The summed E-state index contributed by atoms with van der Waals surface area (Å²) in [7, 11) is 0. The van der Waals surface area contributed by atoms with Crippen LogP contribution in [0, 0.1) is 6.92 Å². The van der Waals surface area contributed by atoms with Gasteiger partial charge in [0.15, 0.2) is 0 Å². The molecule has 33 heavy (non-hydrogen) atoms. The predicted molar refractivity (Wildman–Crippen MR) is 139 cm³/mol. The molecule has 0 radical (unpaired) electrons. The summed E-state index contributed by atoms with van der Waals surface area (Å²) in [5.41, 5.74) is 3.17. The van der Waals surface area contributed by atoms with Crippen molar-refractivity contribution in [2.75, 3.05) is 12.3 Å². The van der Waals surface area contributed by atoms with Gasteiger partial charge in [0.2, 0.25) is 11.8 Å². The van der Waals surface area contributed by atoms with Crippen molar-refractivity contribution in [3.05, 3.63) is 100 Å². The maximum atomic E-state index is 13.5. The first-order chi connectivity index (χ1) is 16.0. The van der Waals surface area contributed by atoms with Crippen LogP contribution in [0.5, 0.6) is 0 Å². The van der Waals surface area contributed by atoms with E-state index in [9.17, 15) is 9.59 Å². The van der Waals surface area contributed by atoms with Crippen LogP contribution in [-0.2, 0) is 22.6 Å². The summed E-state index contributed by atoms with van der Waals surface area (Å²) >= 11 is 5.01. The van der Waals surface area contributed by atoms with Crippen molar-refractivity contribution in [2.45, 2.75) is 37.8 Å². The monoisotopic (exact) mass is 524 g/mol. The fourth-order valence-corrected chi connectivity index (χ4v) is 4.77. The fraction of sp³-hybridized carbons (Fsp3) is 0.259. The number of hydrogen-bond donors (Lipinski definition) is 1. The molecule has 0 bridgehead atoms. The van der Waals surface area contributed by atoms with Crippen LogP contribution in [0.4, 0.5) is 0 Å². The van der Waals surface area contributed by atoms with Crippen molar-refractivity contribution in [2.24, 2.45) is 0 Å². The highest BCUT2D eigenvalue weighted by Gasteiger charge is 2.30. The lowest BCUT2D eigenvalue weighted by Gasteiger charge is -2.31. The van der Waals surface area contributed by atoms with Gasteiger partial charge < -0.3 is 10.2 Å². The van der Waals surface area contributed by atoms with Gasteiger partial charge in [-0.25, -0.2) is 0 Å². The molecule has 0 spiro atoms. The van der Waals surface area contributed by atoms with Gasteiger partial charge in [-0.2, -0.15) is 0 Å². The third kappa shape index (κ3) is 7.76. The zero-order valence-electron chi connectivity index (χ0n) is 19.0. The summed E-state index contributed by atoms with van der Waals surface area (Å²) in [6.45, 7) is 4.81. The Kier molecular flexibility index (Phi) is 9.58. The average molecular weight is 526 g/mol. The molecule has 0 unspecified atom stereocenters. The van der Waals surface area contributed by atoms with E-state index in [4.69, 9.17) is 0 Å². The molecule has 172 valence electrons. The highest BCUT2D eigenvalue weighted by Crippen LogP contribution is 2.22. The second kappa shape index (κ2) is 12.6. The van der Waals surface area contributed by atoms with Gasteiger partial charge in [-0.3, -0.25) is 9.59 Å². The topological polar surface area (TPSA) is 49.4 Å². The molecule has 0 saturated carbocycles. The fourth-order valence-electron chi connectivity index (χ4n) is 3.54. The molecule has 3 aromatic rings. The molecule has 0 aromatic heterocycles. The number of nitrogens with one attached hydrogen (secondary N) is 1. The largest absolute Gasteiger partial charge is 0.355 e. The highest BCUT2D eigenvalue weighted by atomic mass is 79.9. The first-order valence-electron chi connectivity index (χ1n) is 11.0. The molecule has 6 heteroatoms. The van der Waals surface area contributed by atoms with Crippen LogP contribution in [0.3, 0.4) is 0 Å². The first-order valence-corrected chi connectivity index (χ1v) is 12.8. The van der Waals surface area contributed by atoms with Crippen LogP contribution in [0.25, 0.3) is 0 Å². The number of amides is 2. The number of thioether (sulfide) groups is 1. The molecule has 0 heterocycles. The summed E-state index contributed by atoms with van der Waals surface area (Å²) in [5.74, 6) is 0.0691. The second-order valence-corrected chi connectivity index (χ2v) is 9.82. The van der Waals surface area contributed by atoms with E-state index in [-0.39, 0.29) is 17.6 Å². The minimum Gasteiger partial charge on any atom is -0.355 e. The van der Waals surface area contributed by atoms with Gasteiger partial charge in [0.25, 0.3) is 0 Å². The van der Waals surface area contributed by atoms with Crippen LogP contribution in [-0.4, -0.2) is 35.1 Å². The van der Waals surface area contributed by atoms with E-state index in [0.29, 0.717) is 19.5 Å². The van der Waals surface area contributed by atoms with Gasteiger partial charge >= 0.3 is 0 Å². The van der Waals surface area contributed by atoms with Crippen LogP contribution in [0.15, 0.2) is 88.2 Å². The molecule has 1 N–H and O–H groups in total. The van der Waals surface area contributed by atoms with Crippen molar-refractivity contribution in [1.82, 2.24) is 10.2 Å². The number of hydrogen-bond acceptors (Lipinski definition) is 3. The molecule has 0 aliphatic rings. The van der Waals surface area contributed by atoms with E-state index in [0.717, 1.165) is 20.5 Å². The van der Waals surface area contributed by atoms with Gasteiger partial charge in [0.05, 0.1) is 5.75 Å². The quantitative estimate of drug-likeness (QED) is 0.350. The normalized spacial score (nSPS) is 11.6. The summed E-state index contributed by atoms with van der Waals surface area (Å²) in [4.78, 5) is 29.4. The van der Waals surface area contributed by atoms with Crippen molar-refractivity contribution in [3.63, 3.8) is 0 Å². The van der Waals surface area contributed by atoms with Gasteiger partial charge in [-0.15, -0.1) is 11.8 Å². The Morgan fingerprint density at radius 2 is 1.67 bits per heavy atom. The molecule has 0 aliphatic heterocycles. The van der Waals surface area contributed by atoms with Gasteiger partial charge in [0.1, 0.15) is 6.04 Å². The Bertz CT molecular complexity index is 1060. The van der Waals surface area contributed by atoms with Crippen LogP contribution < -0.4 is 5.32 Å². The van der Waals surface area contributed by atoms with Crippen molar-refractivity contribution in [3.8, 4) is 0 Å². The third-order valence-electron chi connectivity index (χ3n) is 5.25. The Labute approximate surface area is 208 Å². The van der Waals surface area contributed by atoms with E-state index < -0.39 is 6.04 Å². The number of halogens is 1. The third-order valence-corrected chi connectivity index (χ3v) is 6.74. The molecule has 3 rings (SSSR count). The average Bonchev–Trinajstić information content (AvgIpc) is 2.81. The Hall–Kier alpha value is -2.57. The van der Waals surface area contributed by atoms with Crippen LogP contribution in [0.1, 0.15) is 23.6 Å². The molecular weight excluding hydrogens is 496 g/mol. The second-order valence-electron chi connectivity index (χ2n) is 7.85. The minimum absolute atomic E-state index is 0.0623. The van der Waals surface area contributed by atoms with E-state index in [1.165, 1.54) is 17.3 Å². The number of carbonyl (C=O) groups excluding carboxylic acids is 2. The van der Waals surface area contributed by atoms with E-state index in [2.05, 4.69) is 21.2 Å². The molecule has 3 aromatic carbocycles. The number of likely N-dealkylation sites (N-methyl/N-ethyl adjacent to an activating group) is 1. The van der Waals surface area contributed by atoms with Gasteiger partial charge in [-0.1, -0.05) is 76.1 Å². The number of benzene rings is 3. The van der Waals surface area contributed by atoms with E-state index in [1.807, 2.05) is 92.7 Å². The summed E-state index contributed by atoms with van der Waals surface area (Å²) < 4.78 is 0.944. The Morgan fingerprint density at radius 3 is 2.33 bits per heavy atom. The van der Waals surface area contributed by atoms with Crippen molar-refractivity contribution in [1.29, 1.82) is 0 Å². The molecule has 0 aliphatic carbocycles. The summed E-state index contributed by atoms with van der Waals surface area (Å²) in [5, 5.41) is 2.93. The standard InChI is InChI=1S/C27H29BrN2O2S/c1-3-29-27(32)25(17-21-8-5-4-6-9-21)30(18-22-10-7-11-23(28)16-22)26(31)19-33-24-14-12-20(2)13-15-24/h4-16,25H,3,17-19H2,1-2H3,(H,29,32)/t25-/m1/s1. The number of rotatable bonds is 10. The first kappa shape index (κ1) is 25.1. The van der Waals surface area contributed by atoms with Crippen LogP contribution in [0.2, 0.25) is 0 Å². The lowest BCUT2D eigenvalue weighted by Crippen LogP contribution is -2.51. The maximum Gasteiger partial charge on any atom is 0.243 e.